The molecule has 2 rings (SSSR count). The van der Waals surface area contributed by atoms with Gasteiger partial charge in [-0.3, -0.25) is 0 Å². The number of rotatable bonds is 0. The van der Waals surface area contributed by atoms with Crippen molar-refractivity contribution in [1.29, 1.82) is 0 Å². The molecule has 1 aromatic carbocycles. The summed E-state index contributed by atoms with van der Waals surface area (Å²) in [5.41, 5.74) is 2.57. The van der Waals surface area contributed by atoms with Gasteiger partial charge in [-0.05, 0) is 25.5 Å². The van der Waals surface area contributed by atoms with E-state index < -0.39 is 0 Å². The molecule has 2 heteroatoms. The third-order valence-electron chi connectivity index (χ3n) is 2.61. The second kappa shape index (κ2) is 3.29. The lowest BCUT2D eigenvalue weighted by molar-refractivity contribution is 0.711. The van der Waals surface area contributed by atoms with Gasteiger partial charge < -0.3 is 10.2 Å². The highest BCUT2D eigenvalue weighted by molar-refractivity contribution is 5.70. The fourth-order valence-electron chi connectivity index (χ4n) is 1.77. The van der Waals surface area contributed by atoms with E-state index in [2.05, 4.69) is 48.5 Å². The predicted octanol–water partition coefficient (Wildman–Crippen LogP) is 2.33. The van der Waals surface area contributed by atoms with E-state index in [0.717, 1.165) is 6.54 Å². The highest BCUT2D eigenvalue weighted by atomic mass is 15.1. The molecule has 0 aromatic heterocycles. The standard InChI is InChI=1S/C11H16N2/c1-9-7-8-13(2)11-6-4-3-5-10(11)12-9/h3-6,9,12H,7-8H2,1-2H3/t9-/m0/s1. The van der Waals surface area contributed by atoms with Gasteiger partial charge in [-0.25, -0.2) is 0 Å². The normalized spacial score (nSPS) is 21.7. The lowest BCUT2D eigenvalue weighted by Gasteiger charge is -2.17. The minimum Gasteiger partial charge on any atom is -0.381 e. The number of nitrogens with zero attached hydrogens (tertiary/aromatic N) is 1. The van der Waals surface area contributed by atoms with Crippen LogP contribution in [0.2, 0.25) is 0 Å². The zero-order valence-corrected chi connectivity index (χ0v) is 8.25. The summed E-state index contributed by atoms with van der Waals surface area (Å²) >= 11 is 0. The van der Waals surface area contributed by atoms with Gasteiger partial charge in [-0.2, -0.15) is 0 Å². The molecule has 1 aromatic rings. The predicted molar refractivity (Wildman–Crippen MR) is 57.4 cm³/mol. The van der Waals surface area contributed by atoms with Crippen LogP contribution in [0.15, 0.2) is 24.3 Å². The van der Waals surface area contributed by atoms with Crippen LogP contribution in [0.1, 0.15) is 13.3 Å². The Hall–Kier alpha value is -1.18. The van der Waals surface area contributed by atoms with E-state index in [1.54, 1.807) is 0 Å². The minimum absolute atomic E-state index is 0.575. The van der Waals surface area contributed by atoms with Crippen LogP contribution < -0.4 is 10.2 Å². The fraction of sp³-hybridized carbons (Fsp3) is 0.455. The van der Waals surface area contributed by atoms with E-state index in [9.17, 15) is 0 Å². The van der Waals surface area contributed by atoms with Crippen LogP contribution in [0.4, 0.5) is 11.4 Å². The van der Waals surface area contributed by atoms with Gasteiger partial charge >= 0.3 is 0 Å². The Kier molecular flexibility index (Phi) is 2.13. The molecule has 1 atom stereocenters. The van der Waals surface area contributed by atoms with Gasteiger partial charge in [0.2, 0.25) is 0 Å². The van der Waals surface area contributed by atoms with E-state index in [1.807, 2.05) is 0 Å². The largest absolute Gasteiger partial charge is 0.381 e. The molecule has 13 heavy (non-hydrogen) atoms. The smallest absolute Gasteiger partial charge is 0.0599 e. The summed E-state index contributed by atoms with van der Waals surface area (Å²) in [6.45, 7) is 3.36. The second-order valence-electron chi connectivity index (χ2n) is 3.77. The molecule has 0 spiro atoms. The van der Waals surface area contributed by atoms with Gasteiger partial charge in [-0.1, -0.05) is 12.1 Å². The third-order valence-corrected chi connectivity index (χ3v) is 2.61. The summed E-state index contributed by atoms with van der Waals surface area (Å²) in [7, 11) is 2.15. The highest BCUT2D eigenvalue weighted by Crippen LogP contribution is 2.28. The van der Waals surface area contributed by atoms with Crippen molar-refractivity contribution in [1.82, 2.24) is 0 Å². The van der Waals surface area contributed by atoms with E-state index in [0.29, 0.717) is 6.04 Å². The molecule has 0 unspecified atom stereocenters. The quantitative estimate of drug-likeness (QED) is 0.652. The van der Waals surface area contributed by atoms with Crippen molar-refractivity contribution in [3.63, 3.8) is 0 Å². The first kappa shape index (κ1) is 8.42. The summed E-state index contributed by atoms with van der Waals surface area (Å²) < 4.78 is 0. The lowest BCUT2D eigenvalue weighted by Crippen LogP contribution is -2.19. The molecule has 0 bridgehead atoms. The SMILES string of the molecule is C[C@H]1CCN(C)c2ccccc2N1. The number of para-hydroxylation sites is 2. The average molecular weight is 176 g/mol. The molecule has 0 radical (unpaired) electrons. The maximum atomic E-state index is 3.51. The van der Waals surface area contributed by atoms with Crippen LogP contribution in [0, 0.1) is 0 Å². The maximum absolute atomic E-state index is 3.51. The monoisotopic (exact) mass is 176 g/mol. The zero-order chi connectivity index (χ0) is 9.26. The van der Waals surface area contributed by atoms with Gasteiger partial charge in [0.1, 0.15) is 0 Å². The molecular formula is C11H16N2. The topological polar surface area (TPSA) is 15.3 Å². The Labute approximate surface area is 79.6 Å². The number of hydrogen-bond acceptors (Lipinski definition) is 2. The van der Waals surface area contributed by atoms with Gasteiger partial charge in [0.05, 0.1) is 11.4 Å². The number of anilines is 2. The van der Waals surface area contributed by atoms with Gasteiger partial charge in [-0.15, -0.1) is 0 Å². The Morgan fingerprint density at radius 2 is 2.15 bits per heavy atom. The van der Waals surface area contributed by atoms with Crippen LogP contribution in [0.25, 0.3) is 0 Å². The molecule has 1 aliphatic heterocycles. The molecule has 70 valence electrons. The van der Waals surface area contributed by atoms with Crippen molar-refractivity contribution < 1.29 is 0 Å². The molecule has 0 aliphatic carbocycles. The number of hydrogen-bond donors (Lipinski definition) is 1. The Morgan fingerprint density at radius 1 is 1.38 bits per heavy atom. The molecule has 0 saturated heterocycles. The van der Waals surface area contributed by atoms with Crippen LogP contribution >= 0.6 is 0 Å². The third kappa shape index (κ3) is 1.62. The van der Waals surface area contributed by atoms with Gasteiger partial charge in [0.25, 0.3) is 0 Å². The molecular weight excluding hydrogens is 160 g/mol. The number of nitrogens with one attached hydrogen (secondary N) is 1. The second-order valence-corrected chi connectivity index (χ2v) is 3.77. The summed E-state index contributed by atoms with van der Waals surface area (Å²) in [5.74, 6) is 0. The zero-order valence-electron chi connectivity index (χ0n) is 8.25. The summed E-state index contributed by atoms with van der Waals surface area (Å²) in [5, 5.41) is 3.51. The molecule has 1 N–H and O–H groups in total. The fourth-order valence-corrected chi connectivity index (χ4v) is 1.77. The van der Waals surface area contributed by atoms with Crippen LogP contribution in [0.5, 0.6) is 0 Å². The Bertz CT molecular complexity index is 296. The minimum atomic E-state index is 0.575. The van der Waals surface area contributed by atoms with E-state index in [1.165, 1.54) is 17.8 Å². The summed E-state index contributed by atoms with van der Waals surface area (Å²) in [4.78, 5) is 2.31. The van der Waals surface area contributed by atoms with Crippen molar-refractivity contribution in [2.75, 3.05) is 23.8 Å². The highest BCUT2D eigenvalue weighted by Gasteiger charge is 2.14. The molecule has 0 fully saturated rings. The summed E-state index contributed by atoms with van der Waals surface area (Å²) in [6.07, 6.45) is 1.20. The van der Waals surface area contributed by atoms with Crippen molar-refractivity contribution in [3.05, 3.63) is 24.3 Å². The van der Waals surface area contributed by atoms with E-state index >= 15 is 0 Å². The lowest BCUT2D eigenvalue weighted by atomic mass is 10.2. The van der Waals surface area contributed by atoms with Crippen molar-refractivity contribution >= 4 is 11.4 Å². The molecule has 0 saturated carbocycles. The first-order valence-corrected chi connectivity index (χ1v) is 4.84. The number of benzene rings is 1. The van der Waals surface area contributed by atoms with Gasteiger partial charge in [0, 0.05) is 19.6 Å². The molecule has 1 aliphatic rings. The number of fused-ring (bicyclic) bond motifs is 1. The molecule has 0 amide bonds. The molecule has 1 heterocycles. The van der Waals surface area contributed by atoms with Crippen molar-refractivity contribution in [3.8, 4) is 0 Å². The average Bonchev–Trinajstić information content (AvgIpc) is 2.27. The van der Waals surface area contributed by atoms with Crippen LogP contribution in [0.3, 0.4) is 0 Å². The Balaban J connectivity index is 2.38. The van der Waals surface area contributed by atoms with Crippen LogP contribution in [-0.2, 0) is 0 Å². The Morgan fingerprint density at radius 3 is 3.00 bits per heavy atom. The maximum Gasteiger partial charge on any atom is 0.0599 e. The van der Waals surface area contributed by atoms with E-state index in [4.69, 9.17) is 0 Å². The molecule has 2 nitrogen and oxygen atoms in total. The first-order chi connectivity index (χ1) is 6.27. The summed E-state index contributed by atoms with van der Waals surface area (Å²) in [6, 6.07) is 9.06. The first-order valence-electron chi connectivity index (χ1n) is 4.84. The van der Waals surface area contributed by atoms with E-state index in [-0.39, 0.29) is 0 Å². The van der Waals surface area contributed by atoms with Crippen LogP contribution in [-0.4, -0.2) is 19.6 Å². The van der Waals surface area contributed by atoms with Gasteiger partial charge in [0.15, 0.2) is 0 Å². The van der Waals surface area contributed by atoms with Crippen molar-refractivity contribution in [2.24, 2.45) is 0 Å². The van der Waals surface area contributed by atoms with Crippen molar-refractivity contribution in [2.45, 2.75) is 19.4 Å².